The molecule has 0 bridgehead atoms. The van der Waals surface area contributed by atoms with Gasteiger partial charge in [0, 0.05) is 12.2 Å². The van der Waals surface area contributed by atoms with Crippen LogP contribution < -0.4 is 5.56 Å². The average Bonchev–Trinajstić information content (AvgIpc) is 2.17. The molecule has 1 aromatic rings. The molecule has 14 heavy (non-hydrogen) atoms. The first kappa shape index (κ1) is 10.5. The summed E-state index contributed by atoms with van der Waals surface area (Å²) >= 11 is 0. The molecule has 3 heteroatoms. The molecule has 0 fully saturated rings. The SMILES string of the molecule is CC(C)C(C)n1cccc(C#N)c1=O. The third-order valence-electron chi connectivity index (χ3n) is 2.50. The van der Waals surface area contributed by atoms with E-state index in [1.807, 2.05) is 13.0 Å². The van der Waals surface area contributed by atoms with E-state index in [9.17, 15) is 4.79 Å². The lowest BCUT2D eigenvalue weighted by Gasteiger charge is -2.18. The maximum absolute atomic E-state index is 11.7. The van der Waals surface area contributed by atoms with Crippen LogP contribution in [0.2, 0.25) is 0 Å². The second kappa shape index (κ2) is 4.10. The zero-order valence-electron chi connectivity index (χ0n) is 8.69. The van der Waals surface area contributed by atoms with Crippen LogP contribution in [0.5, 0.6) is 0 Å². The summed E-state index contributed by atoms with van der Waals surface area (Å²) in [4.78, 5) is 11.7. The summed E-state index contributed by atoms with van der Waals surface area (Å²) in [7, 11) is 0. The molecule has 1 aromatic heterocycles. The van der Waals surface area contributed by atoms with E-state index in [0.717, 1.165) is 0 Å². The lowest BCUT2D eigenvalue weighted by molar-refractivity contribution is 0.398. The number of hydrogen-bond acceptors (Lipinski definition) is 2. The van der Waals surface area contributed by atoms with Crippen LogP contribution in [0.25, 0.3) is 0 Å². The normalized spacial score (nSPS) is 12.5. The van der Waals surface area contributed by atoms with Gasteiger partial charge in [0.05, 0.1) is 0 Å². The molecular formula is C11H14N2O. The highest BCUT2D eigenvalue weighted by Crippen LogP contribution is 2.13. The molecule has 74 valence electrons. The molecule has 1 heterocycles. The Kier molecular flexibility index (Phi) is 3.08. The van der Waals surface area contributed by atoms with Gasteiger partial charge in [-0.15, -0.1) is 0 Å². The van der Waals surface area contributed by atoms with Gasteiger partial charge in [0.1, 0.15) is 11.6 Å². The fourth-order valence-electron chi connectivity index (χ4n) is 1.24. The highest BCUT2D eigenvalue weighted by molar-refractivity contribution is 5.25. The van der Waals surface area contributed by atoms with E-state index in [-0.39, 0.29) is 17.2 Å². The first-order chi connectivity index (χ1) is 6.57. The number of hydrogen-bond donors (Lipinski definition) is 0. The van der Waals surface area contributed by atoms with E-state index >= 15 is 0 Å². The van der Waals surface area contributed by atoms with Gasteiger partial charge in [-0.2, -0.15) is 5.26 Å². The van der Waals surface area contributed by atoms with Crippen molar-refractivity contribution in [3.8, 4) is 6.07 Å². The minimum atomic E-state index is -0.198. The molecule has 0 saturated carbocycles. The third-order valence-corrected chi connectivity index (χ3v) is 2.50. The molecule has 0 spiro atoms. The van der Waals surface area contributed by atoms with Crippen LogP contribution in [0, 0.1) is 17.2 Å². The van der Waals surface area contributed by atoms with Gasteiger partial charge in [-0.05, 0) is 25.0 Å². The summed E-state index contributed by atoms with van der Waals surface area (Å²) in [5.74, 6) is 0.377. The van der Waals surface area contributed by atoms with E-state index in [1.54, 1.807) is 22.9 Å². The smallest absolute Gasteiger partial charge is 0.268 e. The van der Waals surface area contributed by atoms with Crippen molar-refractivity contribution >= 4 is 0 Å². The lowest BCUT2D eigenvalue weighted by Crippen LogP contribution is -2.27. The molecule has 1 atom stereocenters. The van der Waals surface area contributed by atoms with Crippen molar-refractivity contribution in [2.45, 2.75) is 26.8 Å². The Balaban J connectivity index is 3.25. The summed E-state index contributed by atoms with van der Waals surface area (Å²) < 4.78 is 1.61. The fourth-order valence-corrected chi connectivity index (χ4v) is 1.24. The first-order valence-corrected chi connectivity index (χ1v) is 4.69. The van der Waals surface area contributed by atoms with Crippen molar-refractivity contribution in [2.24, 2.45) is 5.92 Å². The quantitative estimate of drug-likeness (QED) is 0.715. The number of rotatable bonds is 2. The van der Waals surface area contributed by atoms with Crippen LogP contribution in [-0.2, 0) is 0 Å². The predicted molar refractivity (Wildman–Crippen MR) is 55.0 cm³/mol. The molecule has 0 aliphatic heterocycles. The minimum Gasteiger partial charge on any atom is -0.311 e. The molecule has 0 N–H and O–H groups in total. The van der Waals surface area contributed by atoms with Crippen molar-refractivity contribution < 1.29 is 0 Å². The van der Waals surface area contributed by atoms with Crippen molar-refractivity contribution in [2.75, 3.05) is 0 Å². The molecule has 0 aliphatic rings. The van der Waals surface area contributed by atoms with Crippen LogP contribution in [0.1, 0.15) is 32.4 Å². The van der Waals surface area contributed by atoms with Crippen LogP contribution in [0.15, 0.2) is 23.1 Å². The lowest BCUT2D eigenvalue weighted by atomic mass is 10.1. The van der Waals surface area contributed by atoms with Gasteiger partial charge >= 0.3 is 0 Å². The molecule has 1 unspecified atom stereocenters. The topological polar surface area (TPSA) is 45.8 Å². The van der Waals surface area contributed by atoms with Gasteiger partial charge in [0.2, 0.25) is 0 Å². The first-order valence-electron chi connectivity index (χ1n) is 4.69. The molecule has 0 aromatic carbocycles. The highest BCUT2D eigenvalue weighted by atomic mass is 16.1. The number of pyridine rings is 1. The van der Waals surface area contributed by atoms with Gasteiger partial charge in [0.25, 0.3) is 5.56 Å². The predicted octanol–water partition coefficient (Wildman–Crippen LogP) is 1.94. The van der Waals surface area contributed by atoms with Crippen LogP contribution >= 0.6 is 0 Å². The van der Waals surface area contributed by atoms with E-state index in [2.05, 4.69) is 13.8 Å². The van der Waals surface area contributed by atoms with Gasteiger partial charge in [-0.25, -0.2) is 0 Å². The van der Waals surface area contributed by atoms with Crippen molar-refractivity contribution in [3.63, 3.8) is 0 Å². The van der Waals surface area contributed by atoms with E-state index in [4.69, 9.17) is 5.26 Å². The summed E-state index contributed by atoms with van der Waals surface area (Å²) in [5, 5.41) is 8.70. The van der Waals surface area contributed by atoms with Crippen molar-refractivity contribution in [1.82, 2.24) is 4.57 Å². The van der Waals surface area contributed by atoms with Crippen LogP contribution in [0.3, 0.4) is 0 Å². The van der Waals surface area contributed by atoms with Gasteiger partial charge in [-0.3, -0.25) is 4.79 Å². The molecule has 3 nitrogen and oxygen atoms in total. The second-order valence-corrected chi connectivity index (χ2v) is 3.73. The minimum absolute atomic E-state index is 0.121. The maximum atomic E-state index is 11.7. The Hall–Kier alpha value is -1.56. The molecule has 0 radical (unpaired) electrons. The van der Waals surface area contributed by atoms with Crippen LogP contribution in [-0.4, -0.2) is 4.57 Å². The zero-order chi connectivity index (χ0) is 10.7. The van der Waals surface area contributed by atoms with Crippen LogP contribution in [0.4, 0.5) is 0 Å². The highest BCUT2D eigenvalue weighted by Gasteiger charge is 2.11. The van der Waals surface area contributed by atoms with E-state index < -0.39 is 0 Å². The maximum Gasteiger partial charge on any atom is 0.268 e. The summed E-state index contributed by atoms with van der Waals surface area (Å²) in [5.41, 5.74) is 0.0104. The average molecular weight is 190 g/mol. The second-order valence-electron chi connectivity index (χ2n) is 3.73. The summed E-state index contributed by atoms with van der Waals surface area (Å²) in [6.07, 6.45) is 1.73. The Morgan fingerprint density at radius 3 is 2.57 bits per heavy atom. The van der Waals surface area contributed by atoms with Crippen molar-refractivity contribution in [3.05, 3.63) is 34.2 Å². The van der Waals surface area contributed by atoms with E-state index in [0.29, 0.717) is 5.92 Å². The van der Waals surface area contributed by atoms with Gasteiger partial charge in [-0.1, -0.05) is 13.8 Å². The van der Waals surface area contributed by atoms with Gasteiger partial charge < -0.3 is 4.57 Å². The zero-order valence-corrected chi connectivity index (χ0v) is 8.69. The monoisotopic (exact) mass is 190 g/mol. The standard InChI is InChI=1S/C11H14N2O/c1-8(2)9(3)13-6-4-5-10(7-12)11(13)14/h4-6,8-9H,1-3H3. The molecule has 0 aliphatic carbocycles. The number of nitrogens with zero attached hydrogens (tertiary/aromatic N) is 2. The number of aromatic nitrogens is 1. The Bertz CT molecular complexity index is 412. The molecular weight excluding hydrogens is 176 g/mol. The van der Waals surface area contributed by atoms with E-state index in [1.165, 1.54) is 0 Å². The largest absolute Gasteiger partial charge is 0.311 e. The molecule has 0 amide bonds. The summed E-state index contributed by atoms with van der Waals surface area (Å²) in [6, 6.07) is 5.30. The third kappa shape index (κ3) is 1.85. The number of nitriles is 1. The Morgan fingerprint density at radius 1 is 1.43 bits per heavy atom. The van der Waals surface area contributed by atoms with Gasteiger partial charge in [0.15, 0.2) is 0 Å². The van der Waals surface area contributed by atoms with Crippen molar-refractivity contribution in [1.29, 1.82) is 5.26 Å². The Morgan fingerprint density at radius 2 is 2.07 bits per heavy atom. The Labute approximate surface area is 83.6 Å². The molecule has 0 saturated heterocycles. The fraction of sp³-hybridized carbons (Fsp3) is 0.455. The molecule has 1 rings (SSSR count). The summed E-state index contributed by atoms with van der Waals surface area (Å²) in [6.45, 7) is 6.08.